The molecule has 0 amide bonds. The van der Waals surface area contributed by atoms with Crippen LogP contribution in [0.15, 0.2) is 30.3 Å². The first-order valence-corrected chi connectivity index (χ1v) is 5.59. The second kappa shape index (κ2) is 3.09. The zero-order valence-electron chi connectivity index (χ0n) is 8.61. The van der Waals surface area contributed by atoms with Gasteiger partial charge in [0.25, 0.3) is 0 Å². The van der Waals surface area contributed by atoms with Gasteiger partial charge in [-0.25, -0.2) is 0 Å². The second-order valence-electron chi connectivity index (χ2n) is 4.50. The van der Waals surface area contributed by atoms with Gasteiger partial charge < -0.3 is 4.74 Å². The van der Waals surface area contributed by atoms with Crippen LogP contribution in [-0.4, -0.2) is 5.97 Å². The van der Waals surface area contributed by atoms with Crippen LogP contribution >= 0.6 is 0 Å². The zero-order valence-corrected chi connectivity index (χ0v) is 8.61. The van der Waals surface area contributed by atoms with Crippen LogP contribution in [0, 0.1) is 5.92 Å². The van der Waals surface area contributed by atoms with Crippen molar-refractivity contribution < 1.29 is 9.53 Å². The number of ether oxygens (including phenoxy) is 1. The zero-order chi connectivity index (χ0) is 10.3. The van der Waals surface area contributed by atoms with Crippen LogP contribution < -0.4 is 0 Å². The summed E-state index contributed by atoms with van der Waals surface area (Å²) in [6.07, 6.45) is 3.83. The van der Waals surface area contributed by atoms with Crippen LogP contribution in [0.25, 0.3) is 0 Å². The molecule has 78 valence electrons. The number of rotatable bonds is 2. The molecule has 1 unspecified atom stereocenters. The molecular formula is C13H14O2. The van der Waals surface area contributed by atoms with Crippen LogP contribution in [0.3, 0.4) is 0 Å². The Kier molecular flexibility index (Phi) is 1.84. The van der Waals surface area contributed by atoms with E-state index in [0.717, 1.165) is 6.42 Å². The molecule has 2 fully saturated rings. The number of carbonyl (C=O) groups excluding carboxylic acids is 1. The van der Waals surface area contributed by atoms with Gasteiger partial charge >= 0.3 is 5.97 Å². The second-order valence-corrected chi connectivity index (χ2v) is 4.50. The lowest BCUT2D eigenvalue weighted by molar-refractivity contribution is -0.151. The molecule has 0 bridgehead atoms. The van der Waals surface area contributed by atoms with E-state index in [2.05, 4.69) is 12.1 Å². The Balaban J connectivity index is 2.01. The number of carbonyl (C=O) groups is 1. The van der Waals surface area contributed by atoms with Gasteiger partial charge in [-0.05, 0) is 18.4 Å². The molecule has 0 aromatic heterocycles. The number of benzene rings is 1. The lowest BCUT2D eigenvalue weighted by Gasteiger charge is -2.28. The molecule has 1 saturated carbocycles. The van der Waals surface area contributed by atoms with Crippen molar-refractivity contribution in [1.29, 1.82) is 0 Å². The SMILES string of the molecule is O=C1CCC(c2ccccc2)(C2CC2)O1. The fourth-order valence-electron chi connectivity index (χ4n) is 2.59. The minimum absolute atomic E-state index is 0.0363. The van der Waals surface area contributed by atoms with E-state index >= 15 is 0 Å². The van der Waals surface area contributed by atoms with Gasteiger partial charge in [0, 0.05) is 18.8 Å². The molecule has 0 radical (unpaired) electrons. The maximum absolute atomic E-state index is 11.3. The first kappa shape index (κ1) is 8.96. The lowest BCUT2D eigenvalue weighted by atomic mass is 9.86. The molecule has 2 nitrogen and oxygen atoms in total. The van der Waals surface area contributed by atoms with Crippen LogP contribution in [0.1, 0.15) is 31.2 Å². The van der Waals surface area contributed by atoms with Crippen LogP contribution in [0.4, 0.5) is 0 Å². The van der Waals surface area contributed by atoms with Crippen molar-refractivity contribution in [2.45, 2.75) is 31.3 Å². The highest BCUT2D eigenvalue weighted by atomic mass is 16.6. The molecule has 3 rings (SSSR count). The molecule has 1 aliphatic carbocycles. The molecule has 0 spiro atoms. The smallest absolute Gasteiger partial charge is 0.306 e. The Hall–Kier alpha value is -1.31. The lowest BCUT2D eigenvalue weighted by Crippen LogP contribution is -2.28. The summed E-state index contributed by atoms with van der Waals surface area (Å²) in [6, 6.07) is 10.2. The highest BCUT2D eigenvalue weighted by molar-refractivity contribution is 5.72. The van der Waals surface area contributed by atoms with Gasteiger partial charge in [0.15, 0.2) is 0 Å². The third-order valence-electron chi connectivity index (χ3n) is 3.50. The molecule has 15 heavy (non-hydrogen) atoms. The van der Waals surface area contributed by atoms with E-state index < -0.39 is 0 Å². The van der Waals surface area contributed by atoms with E-state index in [9.17, 15) is 4.79 Å². The van der Waals surface area contributed by atoms with Crippen molar-refractivity contribution >= 4 is 5.97 Å². The van der Waals surface area contributed by atoms with E-state index in [0.29, 0.717) is 12.3 Å². The molecule has 1 aliphatic heterocycles. The number of hydrogen-bond acceptors (Lipinski definition) is 2. The number of esters is 1. The fraction of sp³-hybridized carbons (Fsp3) is 0.462. The van der Waals surface area contributed by atoms with Crippen molar-refractivity contribution in [2.24, 2.45) is 5.92 Å². The number of cyclic esters (lactones) is 1. The quantitative estimate of drug-likeness (QED) is 0.689. The van der Waals surface area contributed by atoms with E-state index in [4.69, 9.17) is 4.74 Å². The molecule has 2 heteroatoms. The summed E-state index contributed by atoms with van der Waals surface area (Å²) < 4.78 is 5.62. The summed E-state index contributed by atoms with van der Waals surface area (Å²) in [5, 5.41) is 0. The average Bonchev–Trinajstić information content (AvgIpc) is 3.05. The summed E-state index contributed by atoms with van der Waals surface area (Å²) in [4.78, 5) is 11.3. The van der Waals surface area contributed by atoms with Crippen LogP contribution in [-0.2, 0) is 15.1 Å². The molecule has 1 atom stereocenters. The first-order valence-electron chi connectivity index (χ1n) is 5.59. The van der Waals surface area contributed by atoms with Gasteiger partial charge in [-0.1, -0.05) is 30.3 Å². The van der Waals surface area contributed by atoms with Gasteiger partial charge in [-0.2, -0.15) is 0 Å². The molecule has 1 heterocycles. The highest BCUT2D eigenvalue weighted by Crippen LogP contribution is 2.53. The minimum atomic E-state index is -0.279. The summed E-state index contributed by atoms with van der Waals surface area (Å²) in [7, 11) is 0. The number of hydrogen-bond donors (Lipinski definition) is 0. The Morgan fingerprint density at radius 3 is 2.47 bits per heavy atom. The Morgan fingerprint density at radius 1 is 1.20 bits per heavy atom. The normalized spacial score (nSPS) is 30.3. The summed E-state index contributed by atoms with van der Waals surface area (Å²) in [5.74, 6) is 0.525. The van der Waals surface area contributed by atoms with E-state index in [1.807, 2.05) is 18.2 Å². The molecular weight excluding hydrogens is 188 g/mol. The van der Waals surface area contributed by atoms with Gasteiger partial charge in [0.1, 0.15) is 5.60 Å². The predicted octanol–water partition coefficient (Wildman–Crippen LogP) is 2.63. The van der Waals surface area contributed by atoms with E-state index in [1.54, 1.807) is 0 Å². The third-order valence-corrected chi connectivity index (χ3v) is 3.50. The van der Waals surface area contributed by atoms with Crippen molar-refractivity contribution in [3.63, 3.8) is 0 Å². The molecule has 1 aromatic carbocycles. The van der Waals surface area contributed by atoms with E-state index in [1.165, 1.54) is 18.4 Å². The Morgan fingerprint density at radius 2 is 1.93 bits per heavy atom. The first-order chi connectivity index (χ1) is 7.31. The summed E-state index contributed by atoms with van der Waals surface area (Å²) in [6.45, 7) is 0. The highest BCUT2D eigenvalue weighted by Gasteiger charge is 2.52. The maximum atomic E-state index is 11.3. The Bertz CT molecular complexity index is 381. The topological polar surface area (TPSA) is 26.3 Å². The molecule has 2 aliphatic rings. The Labute approximate surface area is 89.2 Å². The monoisotopic (exact) mass is 202 g/mol. The van der Waals surface area contributed by atoms with Crippen LogP contribution in [0.5, 0.6) is 0 Å². The molecule has 1 aromatic rings. The van der Waals surface area contributed by atoms with Gasteiger partial charge in [-0.15, -0.1) is 0 Å². The van der Waals surface area contributed by atoms with Crippen molar-refractivity contribution in [3.05, 3.63) is 35.9 Å². The summed E-state index contributed by atoms with van der Waals surface area (Å²) >= 11 is 0. The molecule has 0 N–H and O–H groups in total. The van der Waals surface area contributed by atoms with Gasteiger partial charge in [0.05, 0.1) is 0 Å². The molecule has 1 saturated heterocycles. The largest absolute Gasteiger partial charge is 0.454 e. The van der Waals surface area contributed by atoms with Gasteiger partial charge in [0.2, 0.25) is 0 Å². The average molecular weight is 202 g/mol. The van der Waals surface area contributed by atoms with Crippen molar-refractivity contribution in [2.75, 3.05) is 0 Å². The third kappa shape index (κ3) is 1.36. The standard InChI is InChI=1S/C13H14O2/c14-12-8-9-13(15-12,11-6-7-11)10-4-2-1-3-5-10/h1-5,11H,6-9H2. The maximum Gasteiger partial charge on any atom is 0.306 e. The van der Waals surface area contributed by atoms with Gasteiger partial charge in [-0.3, -0.25) is 4.79 Å². The van der Waals surface area contributed by atoms with Crippen molar-refractivity contribution in [3.8, 4) is 0 Å². The minimum Gasteiger partial charge on any atom is -0.454 e. The van der Waals surface area contributed by atoms with E-state index in [-0.39, 0.29) is 11.6 Å². The van der Waals surface area contributed by atoms with Crippen LogP contribution in [0.2, 0.25) is 0 Å². The summed E-state index contributed by atoms with van der Waals surface area (Å²) in [5.41, 5.74) is 0.900. The van der Waals surface area contributed by atoms with Crippen molar-refractivity contribution in [1.82, 2.24) is 0 Å². The fourth-order valence-corrected chi connectivity index (χ4v) is 2.59. The predicted molar refractivity (Wildman–Crippen MR) is 56.2 cm³/mol.